The predicted molar refractivity (Wildman–Crippen MR) is 84.7 cm³/mol. The predicted octanol–water partition coefficient (Wildman–Crippen LogP) is 5.86. The van der Waals surface area contributed by atoms with E-state index in [0.717, 1.165) is 0 Å². The van der Waals surface area contributed by atoms with Gasteiger partial charge in [-0.3, -0.25) is 0 Å². The van der Waals surface area contributed by atoms with Gasteiger partial charge in [0.05, 0.1) is 10.0 Å². The van der Waals surface area contributed by atoms with Crippen molar-refractivity contribution < 1.29 is 4.74 Å². The fourth-order valence-corrected chi connectivity index (χ4v) is 3.04. The Hall–Kier alpha value is -0.920. The first-order valence-electron chi connectivity index (χ1n) is 5.47. The quantitative estimate of drug-likeness (QED) is 0.656. The van der Waals surface area contributed by atoms with E-state index in [9.17, 15) is 0 Å². The Morgan fingerprint density at radius 2 is 1.80 bits per heavy atom. The van der Waals surface area contributed by atoms with Crippen LogP contribution >= 0.6 is 50.7 Å². The molecule has 2 aromatic rings. The molecule has 0 spiro atoms. The van der Waals surface area contributed by atoms with E-state index >= 15 is 0 Å². The molecule has 0 N–H and O–H groups in total. The van der Waals surface area contributed by atoms with Crippen LogP contribution in [0.1, 0.15) is 11.1 Å². The molecule has 0 unspecified atom stereocenters. The van der Waals surface area contributed by atoms with Gasteiger partial charge in [0.15, 0.2) is 5.75 Å². The molecular weight excluding hydrogens is 384 g/mol. The molecule has 0 atom stereocenters. The molecule has 102 valence electrons. The molecule has 0 fully saturated rings. The average molecular weight is 391 g/mol. The van der Waals surface area contributed by atoms with Gasteiger partial charge in [0, 0.05) is 20.6 Å². The Bertz CT molecular complexity index is 677. The second-order valence-electron chi connectivity index (χ2n) is 3.86. The van der Waals surface area contributed by atoms with Gasteiger partial charge in [-0.1, -0.05) is 40.9 Å². The summed E-state index contributed by atoms with van der Waals surface area (Å²) in [6.45, 7) is 0.160. The zero-order chi connectivity index (χ0) is 14.7. The van der Waals surface area contributed by atoms with Crippen molar-refractivity contribution in [1.82, 2.24) is 0 Å². The number of rotatable bonds is 3. The van der Waals surface area contributed by atoms with Crippen LogP contribution in [0.15, 0.2) is 34.8 Å². The maximum absolute atomic E-state index is 9.11. The van der Waals surface area contributed by atoms with Gasteiger partial charge in [-0.25, -0.2) is 0 Å². The van der Waals surface area contributed by atoms with E-state index in [4.69, 9.17) is 44.8 Å². The highest BCUT2D eigenvalue weighted by Crippen LogP contribution is 2.34. The van der Waals surface area contributed by atoms with Crippen LogP contribution in [0, 0.1) is 11.3 Å². The fraction of sp³-hybridized carbons (Fsp3) is 0.0714. The van der Waals surface area contributed by atoms with Gasteiger partial charge in [0.25, 0.3) is 0 Å². The summed E-state index contributed by atoms with van der Waals surface area (Å²) >= 11 is 21.4. The van der Waals surface area contributed by atoms with Crippen LogP contribution in [0.5, 0.6) is 5.75 Å². The van der Waals surface area contributed by atoms with E-state index in [1.165, 1.54) is 6.07 Å². The van der Waals surface area contributed by atoms with Gasteiger partial charge >= 0.3 is 0 Å². The molecule has 0 aliphatic carbocycles. The summed E-state index contributed by atoms with van der Waals surface area (Å²) < 4.78 is 6.27. The van der Waals surface area contributed by atoms with Crippen LogP contribution in [0.2, 0.25) is 15.1 Å². The summed E-state index contributed by atoms with van der Waals surface area (Å²) in [5.74, 6) is 0.410. The van der Waals surface area contributed by atoms with Crippen molar-refractivity contribution >= 4 is 50.7 Å². The van der Waals surface area contributed by atoms with E-state index in [1.807, 2.05) is 6.07 Å². The topological polar surface area (TPSA) is 33.0 Å². The second-order valence-corrected chi connectivity index (χ2v) is 5.97. The van der Waals surface area contributed by atoms with Gasteiger partial charge in [-0.2, -0.15) is 5.26 Å². The van der Waals surface area contributed by atoms with Crippen LogP contribution in [0.3, 0.4) is 0 Å². The third kappa shape index (κ3) is 3.39. The zero-order valence-electron chi connectivity index (χ0n) is 9.96. The first kappa shape index (κ1) is 15.5. The van der Waals surface area contributed by atoms with E-state index in [-0.39, 0.29) is 6.61 Å². The second kappa shape index (κ2) is 6.69. The molecule has 0 saturated heterocycles. The van der Waals surface area contributed by atoms with Crippen LogP contribution < -0.4 is 4.74 Å². The molecule has 0 heterocycles. The molecule has 2 aromatic carbocycles. The van der Waals surface area contributed by atoms with Gasteiger partial charge in [0.2, 0.25) is 0 Å². The number of hydrogen-bond acceptors (Lipinski definition) is 2. The van der Waals surface area contributed by atoms with E-state index in [1.54, 1.807) is 24.3 Å². The zero-order valence-corrected chi connectivity index (χ0v) is 13.8. The van der Waals surface area contributed by atoms with Gasteiger partial charge in [-0.05, 0) is 40.2 Å². The monoisotopic (exact) mass is 389 g/mol. The lowest BCUT2D eigenvalue weighted by Gasteiger charge is -2.12. The van der Waals surface area contributed by atoms with Crippen LogP contribution in [-0.2, 0) is 6.61 Å². The van der Waals surface area contributed by atoms with E-state index in [0.29, 0.717) is 36.4 Å². The first-order valence-corrected chi connectivity index (χ1v) is 7.40. The number of halogens is 4. The Balaban J connectivity index is 2.30. The summed E-state index contributed by atoms with van der Waals surface area (Å²) in [5, 5.41) is 10.6. The normalized spacial score (nSPS) is 10.2. The Labute approximate surface area is 140 Å². The van der Waals surface area contributed by atoms with E-state index < -0.39 is 0 Å². The molecule has 0 aromatic heterocycles. The fourth-order valence-electron chi connectivity index (χ4n) is 1.60. The first-order chi connectivity index (χ1) is 9.52. The maximum atomic E-state index is 9.11. The van der Waals surface area contributed by atoms with Crippen molar-refractivity contribution in [3.8, 4) is 11.8 Å². The minimum Gasteiger partial charge on any atom is -0.486 e. The van der Waals surface area contributed by atoms with Crippen molar-refractivity contribution in [2.24, 2.45) is 0 Å². The molecular formula is C14H7BrCl3NO. The summed E-state index contributed by atoms with van der Waals surface area (Å²) in [4.78, 5) is 0. The van der Waals surface area contributed by atoms with Crippen molar-refractivity contribution in [3.63, 3.8) is 0 Å². The molecule has 0 aliphatic rings. The molecule has 0 radical (unpaired) electrons. The van der Waals surface area contributed by atoms with Crippen LogP contribution in [0.25, 0.3) is 0 Å². The highest BCUT2D eigenvalue weighted by atomic mass is 79.9. The number of benzene rings is 2. The number of ether oxygens (including phenoxy) is 1. The van der Waals surface area contributed by atoms with Gasteiger partial charge in [0.1, 0.15) is 12.7 Å². The minimum absolute atomic E-state index is 0.160. The smallest absolute Gasteiger partial charge is 0.151 e. The molecule has 0 bridgehead atoms. The molecule has 6 heteroatoms. The molecule has 2 rings (SSSR count). The SMILES string of the molecule is N#Cc1cc(Cl)cc(Br)c1OCc1c(Cl)cccc1Cl. The molecule has 0 amide bonds. The molecule has 0 aliphatic heterocycles. The van der Waals surface area contributed by atoms with Gasteiger partial charge < -0.3 is 4.74 Å². The summed E-state index contributed by atoms with van der Waals surface area (Å²) in [6.07, 6.45) is 0. The number of hydrogen-bond donors (Lipinski definition) is 0. The number of nitriles is 1. The lowest BCUT2D eigenvalue weighted by molar-refractivity contribution is 0.303. The Morgan fingerprint density at radius 3 is 2.40 bits per heavy atom. The van der Waals surface area contributed by atoms with Crippen molar-refractivity contribution in [1.29, 1.82) is 5.26 Å². The average Bonchev–Trinajstić information content (AvgIpc) is 2.39. The third-order valence-corrected chi connectivity index (χ3v) is 4.07. The lowest BCUT2D eigenvalue weighted by atomic mass is 10.2. The standard InChI is InChI=1S/C14H7BrCl3NO/c15-11-5-9(16)4-8(6-19)14(11)20-7-10-12(17)2-1-3-13(10)18/h1-5H,7H2. The number of nitrogens with zero attached hydrogens (tertiary/aromatic N) is 1. The van der Waals surface area contributed by atoms with Crippen molar-refractivity contribution in [3.05, 3.63) is 61.0 Å². The van der Waals surface area contributed by atoms with Crippen molar-refractivity contribution in [2.45, 2.75) is 6.61 Å². The summed E-state index contributed by atoms with van der Waals surface area (Å²) in [7, 11) is 0. The lowest BCUT2D eigenvalue weighted by Crippen LogP contribution is -2.00. The molecule has 0 saturated carbocycles. The Morgan fingerprint density at radius 1 is 1.15 bits per heavy atom. The maximum Gasteiger partial charge on any atom is 0.151 e. The van der Waals surface area contributed by atoms with Crippen LogP contribution in [-0.4, -0.2) is 0 Å². The Kier molecular flexibility index (Phi) is 5.17. The van der Waals surface area contributed by atoms with Crippen LogP contribution in [0.4, 0.5) is 0 Å². The summed E-state index contributed by atoms with van der Waals surface area (Å²) in [5.41, 5.74) is 1.01. The van der Waals surface area contributed by atoms with E-state index in [2.05, 4.69) is 15.9 Å². The highest BCUT2D eigenvalue weighted by molar-refractivity contribution is 9.10. The highest BCUT2D eigenvalue weighted by Gasteiger charge is 2.12. The largest absolute Gasteiger partial charge is 0.486 e. The molecule has 20 heavy (non-hydrogen) atoms. The third-order valence-electron chi connectivity index (χ3n) is 2.55. The molecule has 2 nitrogen and oxygen atoms in total. The minimum atomic E-state index is 0.160. The van der Waals surface area contributed by atoms with Gasteiger partial charge in [-0.15, -0.1) is 0 Å². The summed E-state index contributed by atoms with van der Waals surface area (Å²) in [6, 6.07) is 10.5. The van der Waals surface area contributed by atoms with Crippen molar-refractivity contribution in [2.75, 3.05) is 0 Å².